The van der Waals surface area contributed by atoms with Gasteiger partial charge in [-0.15, -0.1) is 0 Å². The zero-order valence-corrected chi connectivity index (χ0v) is 20.4. The number of likely N-dealkylation sites (tertiary alicyclic amines) is 1. The molecule has 34 heavy (non-hydrogen) atoms. The SMILES string of the molecule is CCc1nccn1CCOc1cccc(CN2CCC[C@@](O)(COc3ccc(C)cc3)CC2)c1. The van der Waals surface area contributed by atoms with Gasteiger partial charge in [0.1, 0.15) is 30.5 Å². The lowest BCUT2D eigenvalue weighted by Gasteiger charge is -2.27. The van der Waals surface area contributed by atoms with Crippen LogP contribution < -0.4 is 9.47 Å². The number of nitrogens with zero attached hydrogens (tertiary/aromatic N) is 3. The van der Waals surface area contributed by atoms with Gasteiger partial charge in [0, 0.05) is 31.9 Å². The summed E-state index contributed by atoms with van der Waals surface area (Å²) in [7, 11) is 0. The molecular formula is C28H37N3O3. The van der Waals surface area contributed by atoms with E-state index in [0.717, 1.165) is 62.8 Å². The Morgan fingerprint density at radius 2 is 1.88 bits per heavy atom. The molecule has 0 radical (unpaired) electrons. The topological polar surface area (TPSA) is 59.8 Å². The van der Waals surface area contributed by atoms with Crippen molar-refractivity contribution in [3.8, 4) is 11.5 Å². The summed E-state index contributed by atoms with van der Waals surface area (Å²) in [4.78, 5) is 6.78. The van der Waals surface area contributed by atoms with E-state index >= 15 is 0 Å². The highest BCUT2D eigenvalue weighted by Crippen LogP contribution is 2.25. The first-order valence-corrected chi connectivity index (χ1v) is 12.4. The van der Waals surface area contributed by atoms with E-state index in [1.807, 2.05) is 42.7 Å². The van der Waals surface area contributed by atoms with E-state index < -0.39 is 5.60 Å². The predicted molar refractivity (Wildman–Crippen MR) is 134 cm³/mol. The molecule has 6 heteroatoms. The Labute approximate surface area is 203 Å². The minimum absolute atomic E-state index is 0.337. The van der Waals surface area contributed by atoms with Gasteiger partial charge < -0.3 is 19.1 Å². The normalized spacial score (nSPS) is 19.0. The standard InChI is InChI=1S/C28H37N3O3/c1-3-27-29-14-17-31(27)18-19-33-26-7-4-6-24(20-26)21-30-15-5-12-28(32,13-16-30)22-34-25-10-8-23(2)9-11-25/h4,6-11,14,17,20,32H,3,5,12-13,15-16,18-19,21-22H2,1-2H3/t28-/m0/s1. The van der Waals surface area contributed by atoms with Crippen LogP contribution in [0, 0.1) is 6.92 Å². The second-order valence-electron chi connectivity index (χ2n) is 9.34. The molecule has 1 saturated heterocycles. The third-order valence-corrected chi connectivity index (χ3v) is 6.56. The highest BCUT2D eigenvalue weighted by atomic mass is 16.5. The lowest BCUT2D eigenvalue weighted by Crippen LogP contribution is -2.37. The van der Waals surface area contributed by atoms with Gasteiger partial charge in [-0.1, -0.05) is 36.8 Å². The van der Waals surface area contributed by atoms with Crippen molar-refractivity contribution in [1.29, 1.82) is 0 Å². The van der Waals surface area contributed by atoms with Crippen molar-refractivity contribution < 1.29 is 14.6 Å². The summed E-state index contributed by atoms with van der Waals surface area (Å²) in [5, 5.41) is 11.1. The van der Waals surface area contributed by atoms with Crippen LogP contribution in [0.4, 0.5) is 0 Å². The Kier molecular flexibility index (Phi) is 8.25. The maximum Gasteiger partial charge on any atom is 0.119 e. The molecule has 0 unspecified atom stereocenters. The van der Waals surface area contributed by atoms with Gasteiger partial charge in [0.2, 0.25) is 0 Å². The molecule has 1 aromatic heterocycles. The first kappa shape index (κ1) is 24.3. The summed E-state index contributed by atoms with van der Waals surface area (Å²) in [5.74, 6) is 2.80. The highest BCUT2D eigenvalue weighted by Gasteiger charge is 2.31. The van der Waals surface area contributed by atoms with E-state index in [1.54, 1.807) is 0 Å². The molecule has 0 aliphatic carbocycles. The number of aliphatic hydroxyl groups is 1. The van der Waals surface area contributed by atoms with Crippen molar-refractivity contribution in [1.82, 2.24) is 14.5 Å². The molecule has 0 bridgehead atoms. The van der Waals surface area contributed by atoms with Crippen LogP contribution in [0.3, 0.4) is 0 Å². The molecule has 0 spiro atoms. The third kappa shape index (κ3) is 6.84. The molecule has 4 rings (SSSR count). The van der Waals surface area contributed by atoms with Crippen LogP contribution in [-0.2, 0) is 19.5 Å². The first-order chi connectivity index (χ1) is 16.5. The zero-order chi connectivity index (χ0) is 23.8. The number of benzene rings is 2. The fourth-order valence-corrected chi connectivity index (χ4v) is 4.50. The van der Waals surface area contributed by atoms with Crippen molar-refractivity contribution >= 4 is 0 Å². The number of ether oxygens (including phenoxy) is 2. The lowest BCUT2D eigenvalue weighted by atomic mass is 9.96. The van der Waals surface area contributed by atoms with Crippen LogP contribution in [0.1, 0.15) is 43.1 Å². The maximum atomic E-state index is 11.1. The Morgan fingerprint density at radius 1 is 1.03 bits per heavy atom. The van der Waals surface area contributed by atoms with Crippen LogP contribution in [-0.4, -0.2) is 51.5 Å². The molecule has 0 saturated carbocycles. The molecular weight excluding hydrogens is 426 g/mol. The Balaban J connectivity index is 1.25. The van der Waals surface area contributed by atoms with Crippen molar-refractivity contribution in [2.75, 3.05) is 26.3 Å². The van der Waals surface area contributed by atoms with Gasteiger partial charge in [-0.25, -0.2) is 4.98 Å². The van der Waals surface area contributed by atoms with Gasteiger partial charge in [0.15, 0.2) is 0 Å². The summed E-state index contributed by atoms with van der Waals surface area (Å²) in [6.45, 7) is 8.59. The molecule has 2 aromatic carbocycles. The highest BCUT2D eigenvalue weighted by molar-refractivity contribution is 5.28. The van der Waals surface area contributed by atoms with Crippen molar-refractivity contribution in [2.45, 2.75) is 58.2 Å². The van der Waals surface area contributed by atoms with Gasteiger partial charge in [0.05, 0.1) is 12.1 Å². The minimum atomic E-state index is -0.782. The van der Waals surface area contributed by atoms with Crippen LogP contribution in [0.25, 0.3) is 0 Å². The van der Waals surface area contributed by atoms with Gasteiger partial charge >= 0.3 is 0 Å². The van der Waals surface area contributed by atoms with Crippen LogP contribution in [0.5, 0.6) is 11.5 Å². The van der Waals surface area contributed by atoms with Gasteiger partial charge in [-0.05, 0) is 62.6 Å². The number of hydrogen-bond donors (Lipinski definition) is 1. The third-order valence-electron chi connectivity index (χ3n) is 6.56. The fourth-order valence-electron chi connectivity index (χ4n) is 4.50. The summed E-state index contributed by atoms with van der Waals surface area (Å²) in [5.41, 5.74) is 1.65. The first-order valence-electron chi connectivity index (χ1n) is 12.4. The lowest BCUT2D eigenvalue weighted by molar-refractivity contribution is -0.0168. The molecule has 1 N–H and O–H groups in total. The summed E-state index contributed by atoms with van der Waals surface area (Å²) >= 11 is 0. The number of aryl methyl sites for hydroxylation is 2. The zero-order valence-electron chi connectivity index (χ0n) is 20.4. The summed E-state index contributed by atoms with van der Waals surface area (Å²) < 4.78 is 14.1. The predicted octanol–water partition coefficient (Wildman–Crippen LogP) is 4.63. The number of imidazole rings is 1. The van der Waals surface area contributed by atoms with Crippen molar-refractivity contribution in [3.05, 3.63) is 77.9 Å². The molecule has 1 aliphatic heterocycles. The molecule has 0 amide bonds. The van der Waals surface area contributed by atoms with Crippen LogP contribution in [0.15, 0.2) is 60.9 Å². The second-order valence-corrected chi connectivity index (χ2v) is 9.34. The van der Waals surface area contributed by atoms with Crippen LogP contribution in [0.2, 0.25) is 0 Å². The molecule has 6 nitrogen and oxygen atoms in total. The molecule has 182 valence electrons. The smallest absolute Gasteiger partial charge is 0.119 e. The van der Waals surface area contributed by atoms with Gasteiger partial charge in [-0.3, -0.25) is 4.90 Å². The monoisotopic (exact) mass is 463 g/mol. The van der Waals surface area contributed by atoms with E-state index in [4.69, 9.17) is 9.47 Å². The average Bonchev–Trinajstić information content (AvgIpc) is 3.22. The molecule has 1 aliphatic rings. The molecule has 3 aromatic rings. The molecule has 1 atom stereocenters. The number of hydrogen-bond acceptors (Lipinski definition) is 5. The van der Waals surface area contributed by atoms with Crippen LogP contribution >= 0.6 is 0 Å². The molecule has 1 fully saturated rings. The summed E-state index contributed by atoms with van der Waals surface area (Å²) in [6, 6.07) is 16.4. The number of rotatable bonds is 10. The Bertz CT molecular complexity index is 1030. The van der Waals surface area contributed by atoms with Gasteiger partial charge in [-0.2, -0.15) is 0 Å². The van der Waals surface area contributed by atoms with E-state index in [9.17, 15) is 5.11 Å². The van der Waals surface area contributed by atoms with E-state index in [2.05, 4.69) is 46.5 Å². The molecule has 2 heterocycles. The fraction of sp³-hybridized carbons (Fsp3) is 0.464. The largest absolute Gasteiger partial charge is 0.492 e. The summed E-state index contributed by atoms with van der Waals surface area (Å²) in [6.07, 6.45) is 7.19. The van der Waals surface area contributed by atoms with E-state index in [1.165, 1.54) is 11.1 Å². The van der Waals surface area contributed by atoms with E-state index in [0.29, 0.717) is 19.6 Å². The Hall–Kier alpha value is -2.83. The minimum Gasteiger partial charge on any atom is -0.492 e. The quantitative estimate of drug-likeness (QED) is 0.475. The Morgan fingerprint density at radius 3 is 2.71 bits per heavy atom. The van der Waals surface area contributed by atoms with E-state index in [-0.39, 0.29) is 0 Å². The average molecular weight is 464 g/mol. The number of aromatic nitrogens is 2. The second kappa shape index (κ2) is 11.5. The maximum absolute atomic E-state index is 11.1. The van der Waals surface area contributed by atoms with Gasteiger partial charge in [0.25, 0.3) is 0 Å². The van der Waals surface area contributed by atoms with Crippen molar-refractivity contribution in [3.63, 3.8) is 0 Å². The van der Waals surface area contributed by atoms with Crippen molar-refractivity contribution in [2.24, 2.45) is 0 Å².